The Kier molecular flexibility index (Phi) is 6.12. The monoisotopic (exact) mass is 266 g/mol. The smallest absolute Gasteiger partial charge is 0.161 e. The summed E-state index contributed by atoms with van der Waals surface area (Å²) in [6.07, 6.45) is 0. The van der Waals surface area contributed by atoms with Crippen molar-refractivity contribution < 1.29 is 9.47 Å². The third kappa shape index (κ3) is 5.49. The number of benzene rings is 1. The van der Waals surface area contributed by atoms with Crippen molar-refractivity contribution in [3.63, 3.8) is 0 Å². The summed E-state index contributed by atoms with van der Waals surface area (Å²) in [4.78, 5) is 2.24. The Morgan fingerprint density at radius 2 is 1.84 bits per heavy atom. The number of hydrogen-bond donors (Lipinski definition) is 1. The van der Waals surface area contributed by atoms with Crippen LogP contribution >= 0.6 is 0 Å². The largest absolute Gasteiger partial charge is 0.493 e. The maximum absolute atomic E-state index is 5.75. The highest BCUT2D eigenvalue weighted by Gasteiger charge is 2.17. The molecular formula is C15H26N2O2. The fourth-order valence-electron chi connectivity index (χ4n) is 1.92. The average Bonchev–Trinajstić information content (AvgIpc) is 2.38. The van der Waals surface area contributed by atoms with Gasteiger partial charge in [-0.25, -0.2) is 0 Å². The van der Waals surface area contributed by atoms with Crippen LogP contribution in [0.1, 0.15) is 13.8 Å². The summed E-state index contributed by atoms with van der Waals surface area (Å²) in [6, 6.07) is 7.69. The van der Waals surface area contributed by atoms with Gasteiger partial charge in [-0.05, 0) is 31.1 Å². The number of ether oxygens (including phenoxy) is 2. The third-order valence-corrected chi connectivity index (χ3v) is 3.05. The van der Waals surface area contributed by atoms with Crippen LogP contribution < -0.4 is 15.2 Å². The first-order valence-corrected chi connectivity index (χ1v) is 6.63. The number of rotatable bonds is 8. The highest BCUT2D eigenvalue weighted by atomic mass is 16.5. The second-order valence-electron chi connectivity index (χ2n) is 5.61. The Hall–Kier alpha value is -1.26. The Balaban J connectivity index is 2.38. The summed E-state index contributed by atoms with van der Waals surface area (Å²) in [5, 5.41) is 0. The molecule has 1 aromatic rings. The number of nitrogens with zero attached hydrogens (tertiary/aromatic N) is 1. The van der Waals surface area contributed by atoms with Crippen molar-refractivity contribution in [3.8, 4) is 11.5 Å². The van der Waals surface area contributed by atoms with Crippen LogP contribution in [0.5, 0.6) is 11.5 Å². The van der Waals surface area contributed by atoms with Gasteiger partial charge in [0.25, 0.3) is 0 Å². The van der Waals surface area contributed by atoms with Crippen LogP contribution in [0.4, 0.5) is 0 Å². The zero-order valence-corrected chi connectivity index (χ0v) is 12.5. The molecule has 0 aromatic heterocycles. The average molecular weight is 266 g/mol. The minimum Gasteiger partial charge on any atom is -0.493 e. The van der Waals surface area contributed by atoms with E-state index in [1.807, 2.05) is 24.3 Å². The van der Waals surface area contributed by atoms with Crippen LogP contribution in [0, 0.1) is 5.41 Å². The van der Waals surface area contributed by atoms with E-state index in [2.05, 4.69) is 25.8 Å². The molecule has 2 N–H and O–H groups in total. The van der Waals surface area contributed by atoms with Gasteiger partial charge in [0.2, 0.25) is 0 Å². The van der Waals surface area contributed by atoms with E-state index in [1.54, 1.807) is 7.11 Å². The molecule has 0 spiro atoms. The number of methoxy groups -OCH3 is 1. The minimum atomic E-state index is 0.138. The Morgan fingerprint density at radius 1 is 1.21 bits per heavy atom. The molecule has 0 atom stereocenters. The van der Waals surface area contributed by atoms with Gasteiger partial charge in [-0.1, -0.05) is 26.0 Å². The summed E-state index contributed by atoms with van der Waals surface area (Å²) < 4.78 is 11.0. The Bertz CT molecular complexity index is 380. The van der Waals surface area contributed by atoms with Gasteiger partial charge in [0.05, 0.1) is 7.11 Å². The molecule has 4 heteroatoms. The molecule has 0 saturated heterocycles. The molecule has 0 heterocycles. The first-order valence-electron chi connectivity index (χ1n) is 6.63. The lowest BCUT2D eigenvalue weighted by Crippen LogP contribution is -2.38. The molecule has 108 valence electrons. The topological polar surface area (TPSA) is 47.7 Å². The molecule has 0 aliphatic heterocycles. The second-order valence-corrected chi connectivity index (χ2v) is 5.61. The van der Waals surface area contributed by atoms with Crippen LogP contribution in [-0.2, 0) is 0 Å². The lowest BCUT2D eigenvalue weighted by Gasteiger charge is -2.28. The standard InChI is InChI=1S/C15H26N2O2/c1-15(2,11-16)12-17(3)9-10-19-14-8-6-5-7-13(14)18-4/h5-8H,9-12,16H2,1-4H3. The van der Waals surface area contributed by atoms with Gasteiger partial charge in [-0.3, -0.25) is 0 Å². The minimum absolute atomic E-state index is 0.138. The van der Waals surface area contributed by atoms with Crippen LogP contribution in [-0.4, -0.2) is 45.3 Å². The van der Waals surface area contributed by atoms with E-state index in [1.165, 1.54) is 0 Å². The molecule has 0 aliphatic carbocycles. The van der Waals surface area contributed by atoms with Crippen molar-refractivity contribution in [3.05, 3.63) is 24.3 Å². The van der Waals surface area contributed by atoms with Gasteiger partial charge in [0, 0.05) is 13.1 Å². The van der Waals surface area contributed by atoms with E-state index in [0.717, 1.165) is 24.6 Å². The van der Waals surface area contributed by atoms with Gasteiger partial charge in [-0.15, -0.1) is 0 Å². The van der Waals surface area contributed by atoms with Crippen molar-refractivity contribution in [1.29, 1.82) is 0 Å². The van der Waals surface area contributed by atoms with Gasteiger partial charge < -0.3 is 20.1 Å². The number of likely N-dealkylation sites (N-methyl/N-ethyl adjacent to an activating group) is 1. The molecule has 0 radical (unpaired) electrons. The van der Waals surface area contributed by atoms with Crippen molar-refractivity contribution >= 4 is 0 Å². The van der Waals surface area contributed by atoms with Crippen LogP contribution in [0.15, 0.2) is 24.3 Å². The maximum Gasteiger partial charge on any atom is 0.161 e. The van der Waals surface area contributed by atoms with E-state index < -0.39 is 0 Å². The van der Waals surface area contributed by atoms with Gasteiger partial charge in [-0.2, -0.15) is 0 Å². The van der Waals surface area contributed by atoms with E-state index in [9.17, 15) is 0 Å². The van der Waals surface area contributed by atoms with Crippen molar-refractivity contribution in [2.24, 2.45) is 11.1 Å². The molecule has 1 rings (SSSR count). The third-order valence-electron chi connectivity index (χ3n) is 3.05. The quantitative estimate of drug-likeness (QED) is 0.781. The molecule has 0 amide bonds. The summed E-state index contributed by atoms with van der Waals surface area (Å²) in [7, 11) is 3.74. The molecule has 0 saturated carbocycles. The van der Waals surface area contributed by atoms with E-state index in [0.29, 0.717) is 13.2 Å². The van der Waals surface area contributed by atoms with E-state index in [4.69, 9.17) is 15.2 Å². The summed E-state index contributed by atoms with van der Waals surface area (Å²) in [5.74, 6) is 1.56. The van der Waals surface area contributed by atoms with Crippen molar-refractivity contribution in [1.82, 2.24) is 4.90 Å². The zero-order valence-electron chi connectivity index (χ0n) is 12.5. The van der Waals surface area contributed by atoms with Crippen LogP contribution in [0.2, 0.25) is 0 Å². The molecule has 0 aliphatic rings. The molecule has 19 heavy (non-hydrogen) atoms. The first-order chi connectivity index (χ1) is 8.98. The molecular weight excluding hydrogens is 240 g/mol. The highest BCUT2D eigenvalue weighted by Crippen LogP contribution is 2.25. The molecule has 4 nitrogen and oxygen atoms in total. The van der Waals surface area contributed by atoms with Crippen molar-refractivity contribution in [2.75, 3.05) is 40.4 Å². The van der Waals surface area contributed by atoms with Crippen LogP contribution in [0.3, 0.4) is 0 Å². The maximum atomic E-state index is 5.75. The van der Waals surface area contributed by atoms with Crippen LogP contribution in [0.25, 0.3) is 0 Å². The van der Waals surface area contributed by atoms with E-state index in [-0.39, 0.29) is 5.41 Å². The van der Waals surface area contributed by atoms with E-state index >= 15 is 0 Å². The summed E-state index contributed by atoms with van der Waals surface area (Å²) in [6.45, 7) is 7.48. The number of hydrogen-bond acceptors (Lipinski definition) is 4. The van der Waals surface area contributed by atoms with Gasteiger partial charge in [0.15, 0.2) is 11.5 Å². The zero-order chi connectivity index (χ0) is 14.3. The lowest BCUT2D eigenvalue weighted by atomic mass is 9.93. The predicted molar refractivity (Wildman–Crippen MR) is 78.8 cm³/mol. The normalized spacial score (nSPS) is 11.7. The SMILES string of the molecule is COc1ccccc1OCCN(C)CC(C)(C)CN. The summed E-state index contributed by atoms with van der Waals surface area (Å²) in [5.41, 5.74) is 5.88. The molecule has 0 fully saturated rings. The predicted octanol–water partition coefficient (Wildman–Crippen LogP) is 1.99. The molecule has 0 bridgehead atoms. The molecule has 1 aromatic carbocycles. The fourth-order valence-corrected chi connectivity index (χ4v) is 1.92. The van der Waals surface area contributed by atoms with Gasteiger partial charge in [0.1, 0.15) is 6.61 Å². The molecule has 0 unspecified atom stereocenters. The Morgan fingerprint density at radius 3 is 2.42 bits per heavy atom. The first kappa shape index (κ1) is 15.8. The van der Waals surface area contributed by atoms with Crippen molar-refractivity contribution in [2.45, 2.75) is 13.8 Å². The second kappa shape index (κ2) is 7.36. The summed E-state index contributed by atoms with van der Waals surface area (Å²) >= 11 is 0. The lowest BCUT2D eigenvalue weighted by molar-refractivity contribution is 0.179. The fraction of sp³-hybridized carbons (Fsp3) is 0.600. The highest BCUT2D eigenvalue weighted by molar-refractivity contribution is 5.39. The number of para-hydroxylation sites is 2. The Labute approximate surface area is 116 Å². The van der Waals surface area contributed by atoms with Gasteiger partial charge >= 0.3 is 0 Å². The number of nitrogens with two attached hydrogens (primary N) is 1.